The molecule has 0 atom stereocenters. The highest BCUT2D eigenvalue weighted by Gasteiger charge is 2.29. The van der Waals surface area contributed by atoms with Crippen LogP contribution in [0, 0.1) is 13.8 Å². The summed E-state index contributed by atoms with van der Waals surface area (Å²) in [4.78, 5) is 22.9. The number of H-pyrrole nitrogens is 1. The van der Waals surface area contributed by atoms with Gasteiger partial charge < -0.3 is 9.88 Å². The molecule has 1 N–H and O–H groups in total. The Morgan fingerprint density at radius 1 is 0.879 bits per heavy atom. The van der Waals surface area contributed by atoms with Gasteiger partial charge in [0.05, 0.1) is 6.54 Å². The highest BCUT2D eigenvalue weighted by molar-refractivity contribution is 6.11. The summed E-state index contributed by atoms with van der Waals surface area (Å²) < 4.78 is 0. The largest absolute Gasteiger partial charge is 0.354 e. The minimum atomic E-state index is 0.0765. The third-order valence-electron chi connectivity index (χ3n) is 6.59. The van der Waals surface area contributed by atoms with Crippen LogP contribution < -0.4 is 4.90 Å². The zero-order chi connectivity index (χ0) is 22.5. The fraction of sp³-hybridized carbons (Fsp3) is 0.103. The molecule has 3 aromatic carbocycles. The molecule has 3 heterocycles. The fourth-order valence-electron chi connectivity index (χ4n) is 4.88. The van der Waals surface area contributed by atoms with E-state index >= 15 is 0 Å². The molecule has 0 bridgehead atoms. The van der Waals surface area contributed by atoms with Gasteiger partial charge in [0.25, 0.3) is 5.91 Å². The average molecular weight is 430 g/mol. The lowest BCUT2D eigenvalue weighted by molar-refractivity contribution is 0.0996. The van der Waals surface area contributed by atoms with Crippen molar-refractivity contribution in [3.8, 4) is 22.4 Å². The van der Waals surface area contributed by atoms with E-state index in [-0.39, 0.29) is 5.91 Å². The van der Waals surface area contributed by atoms with E-state index in [9.17, 15) is 4.79 Å². The fourth-order valence-corrected chi connectivity index (χ4v) is 4.88. The molecule has 4 nitrogen and oxygen atoms in total. The van der Waals surface area contributed by atoms with Crippen molar-refractivity contribution in [3.63, 3.8) is 0 Å². The average Bonchev–Trinajstić information content (AvgIpc) is 3.41. The number of aromatic amines is 1. The van der Waals surface area contributed by atoms with E-state index in [1.54, 1.807) is 6.20 Å². The van der Waals surface area contributed by atoms with Crippen LogP contribution in [0.1, 0.15) is 27.0 Å². The van der Waals surface area contributed by atoms with Crippen molar-refractivity contribution in [3.05, 3.63) is 107 Å². The van der Waals surface area contributed by atoms with E-state index in [0.29, 0.717) is 6.54 Å². The summed E-state index contributed by atoms with van der Waals surface area (Å²) in [6, 6.07) is 24.9. The number of pyridine rings is 1. The molecule has 33 heavy (non-hydrogen) atoms. The summed E-state index contributed by atoms with van der Waals surface area (Å²) in [5, 5.41) is 1.16. The first kappa shape index (κ1) is 19.5. The maximum absolute atomic E-state index is 13.2. The number of hydrogen-bond acceptors (Lipinski definition) is 2. The number of anilines is 1. The molecular weight excluding hydrogens is 406 g/mol. The van der Waals surface area contributed by atoms with Crippen LogP contribution in [-0.4, -0.2) is 15.9 Å². The zero-order valence-corrected chi connectivity index (χ0v) is 18.6. The maximum atomic E-state index is 13.2. The molecule has 0 unspecified atom stereocenters. The van der Waals surface area contributed by atoms with Gasteiger partial charge in [-0.05, 0) is 72.5 Å². The van der Waals surface area contributed by atoms with Crippen LogP contribution in [0.3, 0.4) is 0 Å². The smallest absolute Gasteiger partial charge is 0.258 e. The van der Waals surface area contributed by atoms with E-state index in [0.717, 1.165) is 61.2 Å². The number of amides is 1. The highest BCUT2D eigenvalue weighted by atomic mass is 16.2. The number of aromatic nitrogens is 2. The monoisotopic (exact) mass is 429 g/mol. The van der Waals surface area contributed by atoms with Crippen molar-refractivity contribution in [2.24, 2.45) is 0 Å². The second-order valence-electron chi connectivity index (χ2n) is 8.69. The Morgan fingerprint density at radius 2 is 1.73 bits per heavy atom. The minimum absolute atomic E-state index is 0.0765. The Bertz CT molecular complexity index is 1530. The van der Waals surface area contributed by atoms with Crippen LogP contribution in [0.25, 0.3) is 33.3 Å². The third-order valence-corrected chi connectivity index (χ3v) is 6.59. The molecule has 0 fully saturated rings. The number of nitrogens with zero attached hydrogens (tertiary/aromatic N) is 2. The van der Waals surface area contributed by atoms with Crippen molar-refractivity contribution in [2.75, 3.05) is 4.90 Å². The molecule has 4 heteroatoms. The molecule has 1 aliphatic rings. The predicted octanol–water partition coefficient (Wildman–Crippen LogP) is 6.67. The molecule has 0 aliphatic carbocycles. The second-order valence-corrected chi connectivity index (χ2v) is 8.69. The first-order valence-electron chi connectivity index (χ1n) is 11.1. The van der Waals surface area contributed by atoms with Gasteiger partial charge in [-0.15, -0.1) is 0 Å². The lowest BCUT2D eigenvalue weighted by Crippen LogP contribution is -2.24. The Labute approximate surface area is 192 Å². The molecule has 5 aromatic rings. The van der Waals surface area contributed by atoms with Gasteiger partial charge in [-0.25, -0.2) is 0 Å². The van der Waals surface area contributed by atoms with Crippen molar-refractivity contribution in [1.82, 2.24) is 9.97 Å². The Hall–Kier alpha value is -4.18. The summed E-state index contributed by atoms with van der Waals surface area (Å²) in [7, 11) is 0. The number of carbonyl (C=O) groups excluding carboxylic acids is 1. The number of hydrogen-bond donors (Lipinski definition) is 1. The summed E-state index contributed by atoms with van der Waals surface area (Å²) in [5.74, 6) is 0.0765. The molecule has 160 valence electrons. The van der Waals surface area contributed by atoms with Gasteiger partial charge in [-0.3, -0.25) is 9.78 Å². The summed E-state index contributed by atoms with van der Waals surface area (Å²) in [5.41, 5.74) is 10.5. The SMILES string of the molecule is Cc1ccc2c(c1)C(=O)N(c1cccc(-c3cccc4[nH]c(-c5cccnc5)cc34)c1C)C2. The quantitative estimate of drug-likeness (QED) is 0.348. The van der Waals surface area contributed by atoms with Crippen LogP contribution in [0.5, 0.6) is 0 Å². The molecule has 0 saturated carbocycles. The summed E-state index contributed by atoms with van der Waals surface area (Å²) in [6.45, 7) is 4.75. The number of aryl methyl sites for hydroxylation is 1. The van der Waals surface area contributed by atoms with Crippen molar-refractivity contribution >= 4 is 22.5 Å². The topological polar surface area (TPSA) is 49.0 Å². The van der Waals surface area contributed by atoms with Gasteiger partial charge >= 0.3 is 0 Å². The number of nitrogens with one attached hydrogen (secondary N) is 1. The van der Waals surface area contributed by atoms with Gasteiger partial charge in [0.1, 0.15) is 0 Å². The number of carbonyl (C=O) groups is 1. The predicted molar refractivity (Wildman–Crippen MR) is 133 cm³/mol. The maximum Gasteiger partial charge on any atom is 0.258 e. The number of benzene rings is 3. The highest BCUT2D eigenvalue weighted by Crippen LogP contribution is 2.38. The van der Waals surface area contributed by atoms with E-state index in [1.807, 2.05) is 42.3 Å². The van der Waals surface area contributed by atoms with E-state index < -0.39 is 0 Å². The van der Waals surface area contributed by atoms with Gasteiger partial charge in [-0.1, -0.05) is 42.0 Å². The van der Waals surface area contributed by atoms with E-state index in [2.05, 4.69) is 65.4 Å². The minimum Gasteiger partial charge on any atom is -0.354 e. The van der Waals surface area contributed by atoms with Crippen LogP contribution in [0.4, 0.5) is 5.69 Å². The number of rotatable bonds is 3. The number of fused-ring (bicyclic) bond motifs is 2. The molecule has 6 rings (SSSR count). The zero-order valence-electron chi connectivity index (χ0n) is 18.6. The van der Waals surface area contributed by atoms with Crippen LogP contribution >= 0.6 is 0 Å². The van der Waals surface area contributed by atoms with Crippen LogP contribution in [0.15, 0.2) is 85.2 Å². The second kappa shape index (κ2) is 7.45. The molecule has 1 amide bonds. The molecule has 0 spiro atoms. The van der Waals surface area contributed by atoms with Crippen LogP contribution in [-0.2, 0) is 6.54 Å². The summed E-state index contributed by atoms with van der Waals surface area (Å²) in [6.07, 6.45) is 3.65. The first-order chi connectivity index (χ1) is 16.1. The van der Waals surface area contributed by atoms with Gasteiger partial charge in [0, 0.05) is 45.8 Å². The Kier molecular flexibility index (Phi) is 4.40. The lowest BCUT2D eigenvalue weighted by Gasteiger charge is -2.21. The van der Waals surface area contributed by atoms with E-state index in [1.165, 1.54) is 0 Å². The van der Waals surface area contributed by atoms with Crippen molar-refractivity contribution < 1.29 is 4.79 Å². The van der Waals surface area contributed by atoms with E-state index in [4.69, 9.17) is 0 Å². The van der Waals surface area contributed by atoms with Gasteiger partial charge in [0.15, 0.2) is 0 Å². The molecule has 1 aliphatic heterocycles. The summed E-state index contributed by atoms with van der Waals surface area (Å²) >= 11 is 0. The van der Waals surface area contributed by atoms with Crippen molar-refractivity contribution in [1.29, 1.82) is 0 Å². The molecule has 0 radical (unpaired) electrons. The van der Waals surface area contributed by atoms with Crippen LogP contribution in [0.2, 0.25) is 0 Å². The van der Waals surface area contributed by atoms with Gasteiger partial charge in [-0.2, -0.15) is 0 Å². The molecular formula is C29H23N3O. The molecule has 2 aromatic heterocycles. The Morgan fingerprint density at radius 3 is 2.58 bits per heavy atom. The van der Waals surface area contributed by atoms with Gasteiger partial charge in [0.2, 0.25) is 0 Å². The normalized spacial score (nSPS) is 13.0. The standard InChI is InChI=1S/C29H23N3O/c1-18-11-12-21-17-32(29(33)24(21)14-18)28-10-4-7-22(19(28)2)23-8-3-9-26-25(23)15-27(31-26)20-6-5-13-30-16-20/h3-16,31H,17H2,1-2H3. The lowest BCUT2D eigenvalue weighted by atomic mass is 9.96. The molecule has 0 saturated heterocycles. The first-order valence-corrected chi connectivity index (χ1v) is 11.1. The Balaban J connectivity index is 1.45. The third kappa shape index (κ3) is 3.14. The van der Waals surface area contributed by atoms with Crippen molar-refractivity contribution in [2.45, 2.75) is 20.4 Å².